The normalized spacial score (nSPS) is 16.6. The van der Waals surface area contributed by atoms with Gasteiger partial charge in [-0.3, -0.25) is 9.88 Å². The highest BCUT2D eigenvalue weighted by atomic mass is 32.1. The van der Waals surface area contributed by atoms with Crippen molar-refractivity contribution in [1.82, 2.24) is 15.6 Å². The molecule has 2 amide bonds. The van der Waals surface area contributed by atoms with E-state index in [4.69, 9.17) is 4.74 Å². The minimum atomic E-state index is -0.298. The molecule has 2 heterocycles. The first-order valence-corrected chi connectivity index (χ1v) is 12.5. The van der Waals surface area contributed by atoms with E-state index in [1.807, 2.05) is 24.4 Å². The molecule has 0 bridgehead atoms. The molecule has 2 fully saturated rings. The summed E-state index contributed by atoms with van der Waals surface area (Å²) < 4.78 is 19.7. The quantitative estimate of drug-likeness (QED) is 0.375. The number of urea groups is 1. The Morgan fingerprint density at radius 2 is 2.18 bits per heavy atom. The van der Waals surface area contributed by atoms with Crippen molar-refractivity contribution in [3.05, 3.63) is 53.6 Å². The average Bonchev–Trinajstić information content (AvgIpc) is 3.58. The van der Waals surface area contributed by atoms with Gasteiger partial charge in [0.1, 0.15) is 0 Å². The number of carbonyl (C=O) groups is 1. The maximum absolute atomic E-state index is 14.0. The number of carbonyl (C=O) groups excluding carboxylic acids is 1. The first-order chi connectivity index (χ1) is 16.0. The van der Waals surface area contributed by atoms with Gasteiger partial charge in [-0.25, -0.2) is 9.18 Å². The Labute approximate surface area is 198 Å². The molecule has 2 aromatic rings. The van der Waals surface area contributed by atoms with Crippen molar-refractivity contribution < 1.29 is 13.9 Å². The molecule has 1 saturated carbocycles. The SMILES string of the molecule is C=S=C1CN(c2cncc(CCCCN[C@H](C)c3ccc(F)c(OCC4CC4)c3)c2)C(=O)N1. The van der Waals surface area contributed by atoms with Gasteiger partial charge in [-0.05, 0) is 86.7 Å². The molecule has 8 heteroatoms. The van der Waals surface area contributed by atoms with Crippen molar-refractivity contribution in [2.45, 2.75) is 45.1 Å². The lowest BCUT2D eigenvalue weighted by Crippen LogP contribution is -2.27. The molecule has 33 heavy (non-hydrogen) atoms. The van der Waals surface area contributed by atoms with Gasteiger partial charge in [0.05, 0.1) is 30.0 Å². The molecule has 1 aliphatic carbocycles. The number of hydrogen-bond donors (Lipinski definition) is 2. The molecule has 1 atom stereocenters. The lowest BCUT2D eigenvalue weighted by atomic mass is 10.1. The number of halogens is 1. The van der Waals surface area contributed by atoms with Crippen molar-refractivity contribution in [2.75, 3.05) is 24.6 Å². The van der Waals surface area contributed by atoms with E-state index in [9.17, 15) is 9.18 Å². The van der Waals surface area contributed by atoms with Crippen LogP contribution in [0.3, 0.4) is 0 Å². The molecule has 6 nitrogen and oxygen atoms in total. The van der Waals surface area contributed by atoms with Crippen LogP contribution in [0.1, 0.15) is 49.8 Å². The lowest BCUT2D eigenvalue weighted by molar-refractivity contribution is 0.253. The molecule has 1 aromatic heterocycles. The van der Waals surface area contributed by atoms with Gasteiger partial charge in [0.25, 0.3) is 0 Å². The van der Waals surface area contributed by atoms with E-state index in [0.717, 1.165) is 47.6 Å². The molecule has 1 aliphatic heterocycles. The number of rotatable bonds is 11. The van der Waals surface area contributed by atoms with Gasteiger partial charge in [0.15, 0.2) is 11.6 Å². The zero-order valence-electron chi connectivity index (χ0n) is 19.0. The molecule has 1 saturated heterocycles. The Morgan fingerprint density at radius 1 is 1.33 bits per heavy atom. The van der Waals surface area contributed by atoms with Crippen LogP contribution < -0.4 is 20.3 Å². The summed E-state index contributed by atoms with van der Waals surface area (Å²) in [5, 5.41) is 6.33. The maximum atomic E-state index is 14.0. The number of aromatic nitrogens is 1. The summed E-state index contributed by atoms with van der Waals surface area (Å²) in [7, 11) is 1.31. The van der Waals surface area contributed by atoms with Crippen LogP contribution in [0.15, 0.2) is 36.7 Å². The Morgan fingerprint density at radius 3 is 2.94 bits per heavy atom. The summed E-state index contributed by atoms with van der Waals surface area (Å²) in [6.07, 6.45) is 8.83. The molecule has 4 rings (SSSR count). The predicted octanol–water partition coefficient (Wildman–Crippen LogP) is 4.51. The fourth-order valence-electron chi connectivity index (χ4n) is 3.77. The number of amides is 2. The standard InChI is InChI=1S/C25H31FN4O2S/c1-17(20-8-9-22(26)23(12-20)32-16-18-6-7-18)28-10-4-3-5-19-11-21(14-27-13-19)30-15-24(33-2)29-25(30)31/h8-9,11-14,17-18,28H,2-7,10,15-16H2,1H3,(H,29,31)/t17-/m1/s1. The summed E-state index contributed by atoms with van der Waals surface area (Å²) in [6.45, 7) is 4.06. The van der Waals surface area contributed by atoms with Crippen molar-refractivity contribution in [1.29, 1.82) is 0 Å². The number of pyridine rings is 1. The highest BCUT2D eigenvalue weighted by molar-refractivity contribution is 7.96. The smallest absolute Gasteiger partial charge is 0.327 e. The van der Waals surface area contributed by atoms with Crippen LogP contribution in [0, 0.1) is 11.7 Å². The molecule has 0 radical (unpaired) electrons. The Kier molecular flexibility index (Phi) is 7.77. The van der Waals surface area contributed by atoms with Crippen molar-refractivity contribution in [2.24, 2.45) is 5.92 Å². The average molecular weight is 471 g/mol. The van der Waals surface area contributed by atoms with Crippen LogP contribution in [0.4, 0.5) is 14.9 Å². The Hall–Kier alpha value is -2.71. The number of hydrogen-bond acceptors (Lipinski definition) is 4. The second kappa shape index (κ2) is 10.9. The third-order valence-corrected chi connectivity index (χ3v) is 6.61. The van der Waals surface area contributed by atoms with Crippen LogP contribution in [0.2, 0.25) is 0 Å². The fourth-order valence-corrected chi connectivity index (χ4v) is 4.15. The molecular weight excluding hydrogens is 439 g/mol. The zero-order chi connectivity index (χ0) is 23.2. The first-order valence-electron chi connectivity index (χ1n) is 11.5. The predicted molar refractivity (Wildman–Crippen MR) is 134 cm³/mol. The van der Waals surface area contributed by atoms with Crippen LogP contribution >= 0.6 is 10.9 Å². The number of ether oxygens (including phenoxy) is 1. The van der Waals surface area contributed by atoms with Crippen molar-refractivity contribution in [3.63, 3.8) is 0 Å². The number of anilines is 1. The van der Waals surface area contributed by atoms with E-state index < -0.39 is 0 Å². The highest BCUT2D eigenvalue weighted by Gasteiger charge is 2.25. The molecule has 176 valence electrons. The van der Waals surface area contributed by atoms with E-state index >= 15 is 0 Å². The monoisotopic (exact) mass is 470 g/mol. The summed E-state index contributed by atoms with van der Waals surface area (Å²) in [5.74, 6) is 4.40. The van der Waals surface area contributed by atoms with E-state index in [0.29, 0.717) is 24.8 Å². The zero-order valence-corrected chi connectivity index (χ0v) is 19.8. The number of unbranched alkanes of at least 4 members (excludes halogenated alkanes) is 1. The fraction of sp³-hybridized carbons (Fsp3) is 0.440. The van der Waals surface area contributed by atoms with Gasteiger partial charge >= 0.3 is 6.03 Å². The molecule has 2 N–H and O–H groups in total. The Balaban J connectivity index is 1.22. The molecule has 0 unspecified atom stereocenters. The van der Waals surface area contributed by atoms with Crippen LogP contribution in [0.5, 0.6) is 5.75 Å². The number of nitrogens with one attached hydrogen (secondary N) is 2. The van der Waals surface area contributed by atoms with Gasteiger partial charge < -0.3 is 15.4 Å². The number of nitrogens with zero attached hydrogens (tertiary/aromatic N) is 2. The molecule has 0 spiro atoms. The van der Waals surface area contributed by atoms with Crippen LogP contribution in [-0.2, 0) is 6.42 Å². The summed E-state index contributed by atoms with van der Waals surface area (Å²) in [4.78, 5) is 19.0. The number of aryl methyl sites for hydroxylation is 1. The topological polar surface area (TPSA) is 66.5 Å². The summed E-state index contributed by atoms with van der Waals surface area (Å²) in [5.41, 5.74) is 2.94. The van der Waals surface area contributed by atoms with Crippen LogP contribution in [0.25, 0.3) is 0 Å². The third kappa shape index (κ3) is 6.42. The van der Waals surface area contributed by atoms with Gasteiger partial charge in [0.2, 0.25) is 0 Å². The highest BCUT2D eigenvalue weighted by Crippen LogP contribution is 2.31. The summed E-state index contributed by atoms with van der Waals surface area (Å²) in [6, 6.07) is 7.13. The minimum Gasteiger partial charge on any atom is -0.490 e. The minimum absolute atomic E-state index is 0.115. The number of benzene rings is 1. The largest absolute Gasteiger partial charge is 0.490 e. The van der Waals surface area contributed by atoms with Crippen molar-refractivity contribution >= 4 is 33.5 Å². The van der Waals surface area contributed by atoms with Gasteiger partial charge in [0, 0.05) is 12.2 Å². The Bertz CT molecular complexity index is 1050. The molecule has 2 aliphatic rings. The van der Waals surface area contributed by atoms with Gasteiger partial charge in [-0.15, -0.1) is 10.9 Å². The lowest BCUT2D eigenvalue weighted by Gasteiger charge is -2.16. The van der Waals surface area contributed by atoms with Crippen LogP contribution in [-0.4, -0.2) is 41.6 Å². The van der Waals surface area contributed by atoms with Crippen molar-refractivity contribution in [3.8, 4) is 5.75 Å². The molecule has 1 aromatic carbocycles. The van der Waals surface area contributed by atoms with E-state index in [1.165, 1.54) is 29.8 Å². The second-order valence-corrected chi connectivity index (χ2v) is 9.49. The van der Waals surface area contributed by atoms with E-state index in [-0.39, 0.29) is 17.9 Å². The van der Waals surface area contributed by atoms with Gasteiger partial charge in [-0.2, -0.15) is 0 Å². The van der Waals surface area contributed by atoms with E-state index in [1.54, 1.807) is 11.1 Å². The molecular formula is C25H31FN4O2S. The van der Waals surface area contributed by atoms with E-state index in [2.05, 4.69) is 28.4 Å². The maximum Gasteiger partial charge on any atom is 0.327 e. The third-order valence-electron chi connectivity index (χ3n) is 6.03. The summed E-state index contributed by atoms with van der Waals surface area (Å²) >= 11 is 0. The van der Waals surface area contributed by atoms with Gasteiger partial charge in [-0.1, -0.05) is 6.07 Å². The second-order valence-electron chi connectivity index (χ2n) is 8.71. The first kappa shape index (κ1) is 23.4.